The second kappa shape index (κ2) is 18.5. The fourth-order valence-electron chi connectivity index (χ4n) is 4.23. The van der Waals surface area contributed by atoms with Crippen molar-refractivity contribution in [2.75, 3.05) is 20.3 Å². The molecule has 0 aliphatic carbocycles. The first kappa shape index (κ1) is 34.3. The van der Waals surface area contributed by atoms with E-state index >= 15 is 0 Å². The maximum absolute atomic E-state index is 13.5. The number of nitrogens with zero attached hydrogens (tertiary/aromatic N) is 1. The number of rotatable bonds is 18. The van der Waals surface area contributed by atoms with Crippen molar-refractivity contribution in [1.82, 2.24) is 16.0 Å². The Labute approximate surface area is 252 Å². The number of amides is 3. The standard InChI is InChI=1S/C31H42N6O6/c1-4-18-43-24-15-13-23(14-16-24)19-26(35-21(2)38)29(40)36-25(12-8-9-17-34-31(32)33)28(39)37-27(30(41)42-3)20-22-10-6-5-7-11-22/h4-7,10-11,13-16,25-27H,1,8-9,12,17-20H2,2-3H3,(H,35,38)(H,36,40)(H,37,39)(H4,32,33,34)/t25-,26-,27+/m0/s1. The van der Waals surface area contributed by atoms with Crippen LogP contribution in [0.3, 0.4) is 0 Å². The molecule has 0 aliphatic rings. The van der Waals surface area contributed by atoms with Gasteiger partial charge in [-0.25, -0.2) is 4.79 Å². The third kappa shape index (κ3) is 13.1. The van der Waals surface area contributed by atoms with Gasteiger partial charge in [0.1, 0.15) is 30.5 Å². The Morgan fingerprint density at radius 2 is 1.47 bits per heavy atom. The third-order valence-electron chi connectivity index (χ3n) is 6.34. The van der Waals surface area contributed by atoms with E-state index in [0.29, 0.717) is 31.7 Å². The normalized spacial score (nSPS) is 12.5. The largest absolute Gasteiger partial charge is 0.490 e. The van der Waals surface area contributed by atoms with E-state index in [1.165, 1.54) is 14.0 Å². The summed E-state index contributed by atoms with van der Waals surface area (Å²) in [6.45, 7) is 5.64. The van der Waals surface area contributed by atoms with Crippen LogP contribution in [-0.4, -0.2) is 68.0 Å². The minimum Gasteiger partial charge on any atom is -0.490 e. The highest BCUT2D eigenvalue weighted by Gasteiger charge is 2.30. The number of carbonyl (C=O) groups is 4. The summed E-state index contributed by atoms with van der Waals surface area (Å²) >= 11 is 0. The van der Waals surface area contributed by atoms with Crippen molar-refractivity contribution in [2.45, 2.75) is 57.2 Å². The average molecular weight is 595 g/mol. The summed E-state index contributed by atoms with van der Waals surface area (Å²) in [5.41, 5.74) is 12.4. The number of hydrogen-bond donors (Lipinski definition) is 5. The van der Waals surface area contributed by atoms with E-state index in [0.717, 1.165) is 11.1 Å². The van der Waals surface area contributed by atoms with Crippen molar-refractivity contribution in [3.05, 3.63) is 78.4 Å². The predicted molar refractivity (Wildman–Crippen MR) is 164 cm³/mol. The summed E-state index contributed by atoms with van der Waals surface area (Å²) in [6.07, 6.45) is 3.29. The van der Waals surface area contributed by atoms with Gasteiger partial charge < -0.3 is 36.9 Å². The van der Waals surface area contributed by atoms with E-state index in [2.05, 4.69) is 27.5 Å². The number of esters is 1. The lowest BCUT2D eigenvalue weighted by Gasteiger charge is -2.25. The third-order valence-corrected chi connectivity index (χ3v) is 6.34. The Morgan fingerprint density at radius 1 is 0.860 bits per heavy atom. The summed E-state index contributed by atoms with van der Waals surface area (Å²) in [6, 6.07) is 13.3. The fraction of sp³-hybridized carbons (Fsp3) is 0.387. The number of benzene rings is 2. The van der Waals surface area contributed by atoms with Crippen molar-refractivity contribution >= 4 is 29.7 Å². The quantitative estimate of drug-likeness (QED) is 0.0558. The molecule has 2 rings (SSSR count). The lowest BCUT2D eigenvalue weighted by Crippen LogP contribution is -2.56. The van der Waals surface area contributed by atoms with Crippen LogP contribution in [0, 0.1) is 0 Å². The molecule has 0 saturated carbocycles. The highest BCUT2D eigenvalue weighted by atomic mass is 16.5. The molecule has 3 amide bonds. The van der Waals surface area contributed by atoms with Gasteiger partial charge in [-0.2, -0.15) is 0 Å². The molecule has 0 heterocycles. The molecule has 0 fully saturated rings. The van der Waals surface area contributed by atoms with E-state index in [9.17, 15) is 19.2 Å². The maximum atomic E-state index is 13.5. The van der Waals surface area contributed by atoms with Gasteiger partial charge in [0.05, 0.1) is 7.11 Å². The SMILES string of the molecule is C=CCOc1ccc(C[C@H](NC(C)=O)C(=O)N[C@@H](CCCCN=C(N)N)C(=O)N[C@H](Cc2ccccc2)C(=O)OC)cc1. The number of ether oxygens (including phenoxy) is 2. The van der Waals surface area contributed by atoms with Gasteiger partial charge in [-0.3, -0.25) is 19.4 Å². The molecule has 0 aromatic heterocycles. The van der Waals surface area contributed by atoms with Gasteiger partial charge in [0, 0.05) is 26.3 Å². The van der Waals surface area contributed by atoms with Gasteiger partial charge in [0.2, 0.25) is 17.7 Å². The topological polar surface area (TPSA) is 187 Å². The smallest absolute Gasteiger partial charge is 0.328 e. The summed E-state index contributed by atoms with van der Waals surface area (Å²) in [5.74, 6) is -1.54. The van der Waals surface area contributed by atoms with Crippen LogP contribution in [0.1, 0.15) is 37.3 Å². The lowest BCUT2D eigenvalue weighted by atomic mass is 10.0. The van der Waals surface area contributed by atoms with Gasteiger partial charge in [-0.1, -0.05) is 55.1 Å². The lowest BCUT2D eigenvalue weighted by molar-refractivity contribution is -0.145. The molecule has 0 spiro atoms. The number of aliphatic imine (C=N–C) groups is 1. The second-order valence-electron chi connectivity index (χ2n) is 9.84. The molecule has 3 atom stereocenters. The first-order valence-electron chi connectivity index (χ1n) is 14.0. The number of carbonyl (C=O) groups excluding carboxylic acids is 4. The monoisotopic (exact) mass is 594 g/mol. The van der Waals surface area contributed by atoms with E-state index in [-0.39, 0.29) is 25.2 Å². The minimum absolute atomic E-state index is 0.0390. The highest BCUT2D eigenvalue weighted by molar-refractivity contribution is 5.93. The number of hydrogen-bond acceptors (Lipinski definition) is 7. The van der Waals surface area contributed by atoms with Crippen LogP contribution >= 0.6 is 0 Å². The van der Waals surface area contributed by atoms with Crippen molar-refractivity contribution in [1.29, 1.82) is 0 Å². The molecule has 43 heavy (non-hydrogen) atoms. The number of nitrogens with one attached hydrogen (secondary N) is 3. The van der Waals surface area contributed by atoms with E-state index in [1.807, 2.05) is 30.3 Å². The van der Waals surface area contributed by atoms with Crippen molar-refractivity contribution in [3.63, 3.8) is 0 Å². The van der Waals surface area contributed by atoms with Crippen molar-refractivity contribution in [2.24, 2.45) is 16.5 Å². The zero-order valence-electron chi connectivity index (χ0n) is 24.7. The molecule has 2 aromatic carbocycles. The summed E-state index contributed by atoms with van der Waals surface area (Å²) in [4.78, 5) is 55.4. The van der Waals surface area contributed by atoms with E-state index in [1.54, 1.807) is 30.3 Å². The average Bonchev–Trinajstić information content (AvgIpc) is 2.98. The zero-order chi connectivity index (χ0) is 31.6. The van der Waals surface area contributed by atoms with Crippen LogP contribution in [0.15, 0.2) is 72.2 Å². The van der Waals surface area contributed by atoms with Gasteiger partial charge in [0.25, 0.3) is 0 Å². The molecule has 0 unspecified atom stereocenters. The van der Waals surface area contributed by atoms with Gasteiger partial charge in [-0.05, 0) is 42.5 Å². The maximum Gasteiger partial charge on any atom is 0.328 e. The van der Waals surface area contributed by atoms with Crippen LogP contribution in [0.5, 0.6) is 5.75 Å². The summed E-state index contributed by atoms with van der Waals surface area (Å²) in [7, 11) is 1.24. The summed E-state index contributed by atoms with van der Waals surface area (Å²) < 4.78 is 10.4. The molecule has 12 nitrogen and oxygen atoms in total. The fourth-order valence-corrected chi connectivity index (χ4v) is 4.23. The molecule has 0 bridgehead atoms. The Kier molecular flexibility index (Phi) is 14.8. The molecule has 0 radical (unpaired) electrons. The number of guanidine groups is 1. The van der Waals surface area contributed by atoms with Gasteiger partial charge in [0.15, 0.2) is 5.96 Å². The van der Waals surface area contributed by atoms with Gasteiger partial charge in [-0.15, -0.1) is 0 Å². The highest BCUT2D eigenvalue weighted by Crippen LogP contribution is 2.14. The zero-order valence-corrected chi connectivity index (χ0v) is 24.7. The molecule has 0 aliphatic heterocycles. The molecule has 2 aromatic rings. The Balaban J connectivity index is 2.21. The minimum atomic E-state index is -1.01. The van der Waals surface area contributed by atoms with E-state index in [4.69, 9.17) is 20.9 Å². The first-order valence-corrected chi connectivity index (χ1v) is 14.0. The van der Waals surface area contributed by atoms with Crippen molar-refractivity contribution in [3.8, 4) is 5.75 Å². The molecule has 12 heteroatoms. The van der Waals surface area contributed by atoms with Crippen LogP contribution in [0.25, 0.3) is 0 Å². The molecular formula is C31H42N6O6. The molecule has 7 N–H and O–H groups in total. The first-order chi connectivity index (χ1) is 20.6. The Bertz CT molecular complexity index is 1230. The van der Waals surface area contributed by atoms with Crippen LogP contribution in [-0.2, 0) is 36.8 Å². The van der Waals surface area contributed by atoms with Gasteiger partial charge >= 0.3 is 5.97 Å². The van der Waals surface area contributed by atoms with Crippen LogP contribution < -0.4 is 32.2 Å². The van der Waals surface area contributed by atoms with E-state index < -0.39 is 41.8 Å². The predicted octanol–water partition coefficient (Wildman–Crippen LogP) is 1.13. The Hall–Kier alpha value is -4.87. The molecule has 0 saturated heterocycles. The van der Waals surface area contributed by atoms with Crippen LogP contribution in [0.4, 0.5) is 0 Å². The number of methoxy groups -OCH3 is 1. The molecular weight excluding hydrogens is 552 g/mol. The number of nitrogens with two attached hydrogens (primary N) is 2. The van der Waals surface area contributed by atoms with Crippen LogP contribution in [0.2, 0.25) is 0 Å². The molecule has 232 valence electrons. The second-order valence-corrected chi connectivity index (χ2v) is 9.84. The number of unbranched alkanes of at least 4 members (excludes halogenated alkanes) is 1. The van der Waals surface area contributed by atoms with Crippen molar-refractivity contribution < 1.29 is 28.7 Å². The Morgan fingerprint density at radius 3 is 2.07 bits per heavy atom. The summed E-state index contributed by atoms with van der Waals surface area (Å²) in [5, 5.41) is 8.16.